The minimum absolute atomic E-state index is 0.0483. The Balaban J connectivity index is 3.30. The Bertz CT molecular complexity index is 543. The van der Waals surface area contributed by atoms with E-state index < -0.39 is 10.0 Å². The van der Waals surface area contributed by atoms with Crippen LogP contribution in [-0.2, 0) is 16.4 Å². The van der Waals surface area contributed by atoms with E-state index in [9.17, 15) is 8.42 Å². The van der Waals surface area contributed by atoms with Crippen molar-refractivity contribution in [2.24, 2.45) is 5.73 Å². The van der Waals surface area contributed by atoms with Crippen molar-refractivity contribution in [3.05, 3.63) is 23.8 Å². The Morgan fingerprint density at radius 1 is 1.40 bits per heavy atom. The molecule has 0 heterocycles. The summed E-state index contributed by atoms with van der Waals surface area (Å²) in [7, 11) is -0.338. The molecule has 0 spiro atoms. The second-order valence-corrected chi connectivity index (χ2v) is 6.76. The number of nitrogens with zero attached hydrogens (tertiary/aromatic N) is 1. The van der Waals surface area contributed by atoms with E-state index in [-0.39, 0.29) is 6.04 Å². The second-order valence-electron chi connectivity index (χ2n) is 4.79. The third-order valence-corrected chi connectivity index (χ3v) is 5.62. The number of hydrogen-bond donors (Lipinski definition) is 1. The van der Waals surface area contributed by atoms with Crippen LogP contribution in [0.1, 0.15) is 25.8 Å². The minimum atomic E-state index is -3.51. The number of benzene rings is 1. The number of rotatable bonds is 7. The van der Waals surface area contributed by atoms with Gasteiger partial charge >= 0.3 is 0 Å². The summed E-state index contributed by atoms with van der Waals surface area (Å²) >= 11 is 0. The molecule has 1 aromatic rings. The maximum atomic E-state index is 12.7. The molecule has 2 N–H and O–H groups in total. The zero-order valence-corrected chi connectivity index (χ0v) is 13.4. The zero-order valence-electron chi connectivity index (χ0n) is 12.6. The van der Waals surface area contributed by atoms with Crippen molar-refractivity contribution >= 4 is 10.0 Å². The van der Waals surface area contributed by atoms with E-state index >= 15 is 0 Å². The van der Waals surface area contributed by atoms with Gasteiger partial charge in [-0.25, -0.2) is 8.42 Å². The van der Waals surface area contributed by atoms with Crippen LogP contribution < -0.4 is 10.5 Å². The molecule has 0 aromatic heterocycles. The van der Waals surface area contributed by atoms with Crippen molar-refractivity contribution in [1.82, 2.24) is 4.31 Å². The third-order valence-electron chi connectivity index (χ3n) is 3.55. The fraction of sp³-hybridized carbons (Fsp3) is 0.571. The summed E-state index contributed by atoms with van der Waals surface area (Å²) in [4.78, 5) is 0.312. The first-order valence-corrected chi connectivity index (χ1v) is 8.17. The van der Waals surface area contributed by atoms with E-state index in [1.807, 2.05) is 13.8 Å². The summed E-state index contributed by atoms with van der Waals surface area (Å²) in [5, 5.41) is 0. The lowest BCUT2D eigenvalue weighted by Crippen LogP contribution is -2.35. The lowest BCUT2D eigenvalue weighted by atomic mass is 10.1. The number of ether oxygens (including phenoxy) is 1. The van der Waals surface area contributed by atoms with Crippen molar-refractivity contribution in [2.75, 3.05) is 20.7 Å². The van der Waals surface area contributed by atoms with Gasteiger partial charge in [0.2, 0.25) is 10.0 Å². The average molecular weight is 300 g/mol. The second kappa shape index (κ2) is 7.06. The Morgan fingerprint density at radius 3 is 2.55 bits per heavy atom. The Kier molecular flexibility index (Phi) is 5.98. The van der Waals surface area contributed by atoms with Crippen LogP contribution in [0, 0.1) is 0 Å². The van der Waals surface area contributed by atoms with Crippen LogP contribution >= 0.6 is 0 Å². The Hall–Kier alpha value is -1.11. The molecular formula is C14H24N2O3S. The molecule has 0 amide bonds. The first kappa shape index (κ1) is 16.9. The highest BCUT2D eigenvalue weighted by Gasteiger charge is 2.26. The molecule has 20 heavy (non-hydrogen) atoms. The monoisotopic (exact) mass is 300 g/mol. The fourth-order valence-electron chi connectivity index (χ4n) is 1.93. The van der Waals surface area contributed by atoms with Crippen LogP contribution in [0.25, 0.3) is 0 Å². The van der Waals surface area contributed by atoms with Crippen LogP contribution in [0.15, 0.2) is 23.1 Å². The van der Waals surface area contributed by atoms with E-state index in [1.165, 1.54) is 4.31 Å². The summed E-state index contributed by atoms with van der Waals surface area (Å²) in [6, 6.07) is 4.95. The molecule has 0 aliphatic rings. The highest BCUT2D eigenvalue weighted by molar-refractivity contribution is 7.89. The molecule has 1 atom stereocenters. The summed E-state index contributed by atoms with van der Waals surface area (Å²) in [6.45, 7) is 4.25. The molecule has 114 valence electrons. The molecule has 0 saturated heterocycles. The van der Waals surface area contributed by atoms with Gasteiger partial charge in [0, 0.05) is 13.1 Å². The SMILES string of the molecule is CCC(C)N(C)S(=O)(=O)c1ccc(OC)cc1CCN. The summed E-state index contributed by atoms with van der Waals surface area (Å²) in [5.41, 5.74) is 6.27. The van der Waals surface area contributed by atoms with E-state index in [2.05, 4.69) is 0 Å². The zero-order chi connectivity index (χ0) is 15.3. The van der Waals surface area contributed by atoms with E-state index in [0.717, 1.165) is 6.42 Å². The van der Waals surface area contributed by atoms with Gasteiger partial charge in [-0.1, -0.05) is 6.92 Å². The molecule has 1 rings (SSSR count). The Morgan fingerprint density at radius 2 is 2.05 bits per heavy atom. The van der Waals surface area contributed by atoms with E-state index in [0.29, 0.717) is 29.2 Å². The summed E-state index contributed by atoms with van der Waals surface area (Å²) in [6.07, 6.45) is 1.26. The predicted molar refractivity (Wildman–Crippen MR) is 80.5 cm³/mol. The van der Waals surface area contributed by atoms with Crippen LogP contribution in [0.2, 0.25) is 0 Å². The number of nitrogens with two attached hydrogens (primary N) is 1. The summed E-state index contributed by atoms with van der Waals surface area (Å²) < 4.78 is 31.9. The maximum Gasteiger partial charge on any atom is 0.243 e. The van der Waals surface area contributed by atoms with E-state index in [1.54, 1.807) is 32.4 Å². The van der Waals surface area contributed by atoms with Gasteiger partial charge in [-0.3, -0.25) is 0 Å². The van der Waals surface area contributed by atoms with Crippen LogP contribution in [0.3, 0.4) is 0 Å². The maximum absolute atomic E-state index is 12.7. The largest absolute Gasteiger partial charge is 0.497 e. The van der Waals surface area contributed by atoms with Gasteiger partial charge in [0.05, 0.1) is 12.0 Å². The first-order valence-electron chi connectivity index (χ1n) is 6.73. The van der Waals surface area contributed by atoms with Crippen molar-refractivity contribution in [3.63, 3.8) is 0 Å². The average Bonchev–Trinajstić information content (AvgIpc) is 2.45. The lowest BCUT2D eigenvalue weighted by Gasteiger charge is -2.24. The Labute approximate surface area is 121 Å². The molecule has 6 heteroatoms. The van der Waals surface area contributed by atoms with Crippen LogP contribution in [-0.4, -0.2) is 39.5 Å². The predicted octanol–water partition coefficient (Wildman–Crippen LogP) is 1.62. The quantitative estimate of drug-likeness (QED) is 0.830. The molecule has 0 bridgehead atoms. The molecule has 0 radical (unpaired) electrons. The van der Waals surface area contributed by atoms with Crippen molar-refractivity contribution < 1.29 is 13.2 Å². The molecule has 0 aliphatic carbocycles. The van der Waals surface area contributed by atoms with Crippen molar-refractivity contribution in [1.29, 1.82) is 0 Å². The number of sulfonamides is 1. The smallest absolute Gasteiger partial charge is 0.243 e. The van der Waals surface area contributed by atoms with Gasteiger partial charge < -0.3 is 10.5 Å². The molecule has 1 aromatic carbocycles. The third kappa shape index (κ3) is 3.50. The normalized spacial score (nSPS) is 13.5. The fourth-order valence-corrected chi connectivity index (χ4v) is 3.60. The topological polar surface area (TPSA) is 72.6 Å². The van der Waals surface area contributed by atoms with Crippen molar-refractivity contribution in [2.45, 2.75) is 37.6 Å². The number of hydrogen-bond acceptors (Lipinski definition) is 4. The van der Waals surface area contributed by atoms with E-state index in [4.69, 9.17) is 10.5 Å². The molecular weight excluding hydrogens is 276 g/mol. The van der Waals surface area contributed by atoms with Gasteiger partial charge in [-0.2, -0.15) is 4.31 Å². The highest BCUT2D eigenvalue weighted by Crippen LogP contribution is 2.25. The molecule has 0 fully saturated rings. The highest BCUT2D eigenvalue weighted by atomic mass is 32.2. The van der Waals surface area contributed by atoms with Gasteiger partial charge in [0.25, 0.3) is 0 Å². The first-order chi connectivity index (χ1) is 9.38. The van der Waals surface area contributed by atoms with Gasteiger partial charge in [-0.15, -0.1) is 0 Å². The molecule has 0 saturated carbocycles. The van der Waals surface area contributed by atoms with Crippen molar-refractivity contribution in [3.8, 4) is 5.75 Å². The minimum Gasteiger partial charge on any atom is -0.497 e. The van der Waals surface area contributed by atoms with Crippen LogP contribution in [0.5, 0.6) is 5.75 Å². The molecule has 5 nitrogen and oxygen atoms in total. The van der Waals surface area contributed by atoms with Crippen LogP contribution in [0.4, 0.5) is 0 Å². The molecule has 1 unspecified atom stereocenters. The standard InChI is InChI=1S/C14H24N2O3S/c1-5-11(2)16(3)20(17,18)14-7-6-13(19-4)10-12(14)8-9-15/h6-7,10-11H,5,8-9,15H2,1-4H3. The summed E-state index contributed by atoms with van der Waals surface area (Å²) in [5.74, 6) is 0.638. The lowest BCUT2D eigenvalue weighted by molar-refractivity contribution is 0.380. The van der Waals surface area contributed by atoms with Gasteiger partial charge in [0.1, 0.15) is 5.75 Å². The van der Waals surface area contributed by atoms with Gasteiger partial charge in [-0.05, 0) is 50.1 Å². The number of methoxy groups -OCH3 is 1. The molecule has 0 aliphatic heterocycles. The van der Waals surface area contributed by atoms with Gasteiger partial charge in [0.15, 0.2) is 0 Å².